The molecule has 0 spiro atoms. The molecule has 1 aromatic heterocycles. The smallest absolute Gasteiger partial charge is 0.174 e. The van der Waals surface area contributed by atoms with Gasteiger partial charge in [-0.2, -0.15) is 0 Å². The maximum Gasteiger partial charge on any atom is 0.174 e. The second-order valence-corrected chi connectivity index (χ2v) is 4.59. The van der Waals surface area contributed by atoms with Gasteiger partial charge >= 0.3 is 0 Å². The van der Waals surface area contributed by atoms with Crippen LogP contribution in [0.5, 0.6) is 5.75 Å². The van der Waals surface area contributed by atoms with E-state index in [0.717, 1.165) is 5.56 Å². The molecule has 19 heavy (non-hydrogen) atoms. The number of thiocarbonyl (C=S) groups is 1. The first kappa shape index (κ1) is 13.6. The molecule has 0 unspecified atom stereocenters. The number of nitrogens with zero attached hydrogens (tertiary/aromatic N) is 1. The first-order chi connectivity index (χ1) is 9.16. The molecule has 1 aromatic carbocycles. The fourth-order valence-corrected chi connectivity index (χ4v) is 1.83. The van der Waals surface area contributed by atoms with Crippen molar-refractivity contribution in [2.24, 2.45) is 0 Å². The van der Waals surface area contributed by atoms with E-state index in [-0.39, 0.29) is 5.75 Å². The van der Waals surface area contributed by atoms with Gasteiger partial charge in [-0.15, -0.1) is 0 Å². The average molecular weight is 294 g/mol. The molecule has 2 aromatic rings. The summed E-state index contributed by atoms with van der Waals surface area (Å²) in [6, 6.07) is 10.7. The molecule has 0 aliphatic rings. The SMILES string of the molecule is Oc1cccnc1NC(=S)NCc1ccccc1Cl. The van der Waals surface area contributed by atoms with E-state index in [1.54, 1.807) is 12.3 Å². The number of hydrogen-bond donors (Lipinski definition) is 3. The van der Waals surface area contributed by atoms with Gasteiger partial charge in [0.2, 0.25) is 0 Å². The van der Waals surface area contributed by atoms with E-state index in [0.29, 0.717) is 22.5 Å². The number of benzene rings is 1. The zero-order chi connectivity index (χ0) is 13.7. The summed E-state index contributed by atoms with van der Waals surface area (Å²) in [6.07, 6.45) is 1.57. The van der Waals surface area contributed by atoms with Crippen molar-refractivity contribution >= 4 is 34.7 Å². The molecule has 6 heteroatoms. The monoisotopic (exact) mass is 293 g/mol. The van der Waals surface area contributed by atoms with Gasteiger partial charge in [0.05, 0.1) is 0 Å². The molecule has 0 radical (unpaired) electrons. The third-order valence-electron chi connectivity index (χ3n) is 2.42. The molecule has 0 fully saturated rings. The summed E-state index contributed by atoms with van der Waals surface area (Å²) in [7, 11) is 0. The van der Waals surface area contributed by atoms with Crippen LogP contribution in [0.15, 0.2) is 42.6 Å². The summed E-state index contributed by atoms with van der Waals surface area (Å²) in [5.41, 5.74) is 0.943. The van der Waals surface area contributed by atoms with E-state index in [1.165, 1.54) is 6.07 Å². The lowest BCUT2D eigenvalue weighted by molar-refractivity contribution is 0.475. The predicted octanol–water partition coefficient (Wildman–Crippen LogP) is 2.93. The summed E-state index contributed by atoms with van der Waals surface area (Å²) in [5, 5.41) is 16.4. The Bertz CT molecular complexity index is 592. The van der Waals surface area contributed by atoms with Gasteiger partial charge in [-0.05, 0) is 36.0 Å². The Morgan fingerprint density at radius 3 is 2.79 bits per heavy atom. The molecular formula is C13H12ClN3OS. The highest BCUT2D eigenvalue weighted by molar-refractivity contribution is 7.80. The van der Waals surface area contributed by atoms with Crippen LogP contribution in [0.1, 0.15) is 5.56 Å². The van der Waals surface area contributed by atoms with Crippen LogP contribution in [0.3, 0.4) is 0 Å². The molecule has 0 saturated carbocycles. The number of aromatic nitrogens is 1. The van der Waals surface area contributed by atoms with Crippen LogP contribution in [0.2, 0.25) is 5.02 Å². The van der Waals surface area contributed by atoms with Crippen molar-refractivity contribution in [2.75, 3.05) is 5.32 Å². The van der Waals surface area contributed by atoms with Crippen molar-refractivity contribution in [1.29, 1.82) is 0 Å². The lowest BCUT2D eigenvalue weighted by Crippen LogP contribution is -2.28. The lowest BCUT2D eigenvalue weighted by atomic mass is 10.2. The molecule has 0 atom stereocenters. The molecular weight excluding hydrogens is 282 g/mol. The molecule has 4 nitrogen and oxygen atoms in total. The zero-order valence-electron chi connectivity index (χ0n) is 9.93. The Morgan fingerprint density at radius 2 is 2.05 bits per heavy atom. The van der Waals surface area contributed by atoms with E-state index in [2.05, 4.69) is 15.6 Å². The molecule has 0 saturated heterocycles. The number of anilines is 1. The minimum Gasteiger partial charge on any atom is -0.504 e. The van der Waals surface area contributed by atoms with Crippen molar-refractivity contribution in [3.8, 4) is 5.75 Å². The van der Waals surface area contributed by atoms with Crippen molar-refractivity contribution < 1.29 is 5.11 Å². The topological polar surface area (TPSA) is 57.2 Å². The molecule has 0 aliphatic carbocycles. The maximum atomic E-state index is 9.56. The van der Waals surface area contributed by atoms with Crippen molar-refractivity contribution in [3.63, 3.8) is 0 Å². The van der Waals surface area contributed by atoms with Crippen LogP contribution in [0.4, 0.5) is 5.82 Å². The lowest BCUT2D eigenvalue weighted by Gasteiger charge is -2.11. The standard InChI is InChI=1S/C13H12ClN3OS/c14-10-5-2-1-4-9(10)8-16-13(19)17-12-11(18)6-3-7-15-12/h1-7,18H,8H2,(H2,15,16,17,19). The van der Waals surface area contributed by atoms with Crippen molar-refractivity contribution in [3.05, 3.63) is 53.2 Å². The highest BCUT2D eigenvalue weighted by Gasteiger charge is 2.04. The van der Waals surface area contributed by atoms with Crippen LogP contribution in [-0.2, 0) is 6.54 Å². The summed E-state index contributed by atoms with van der Waals surface area (Å²) in [6.45, 7) is 0.499. The number of nitrogens with one attached hydrogen (secondary N) is 2. The van der Waals surface area contributed by atoms with Gasteiger partial charge in [0.1, 0.15) is 0 Å². The van der Waals surface area contributed by atoms with Crippen molar-refractivity contribution in [1.82, 2.24) is 10.3 Å². The Balaban J connectivity index is 1.92. The molecule has 0 bridgehead atoms. The molecule has 3 N–H and O–H groups in total. The van der Waals surface area contributed by atoms with E-state index in [4.69, 9.17) is 23.8 Å². The summed E-state index contributed by atoms with van der Waals surface area (Å²) in [4.78, 5) is 3.98. The summed E-state index contributed by atoms with van der Waals surface area (Å²) < 4.78 is 0. The second-order valence-electron chi connectivity index (χ2n) is 3.77. The largest absolute Gasteiger partial charge is 0.504 e. The van der Waals surface area contributed by atoms with Crippen LogP contribution in [0.25, 0.3) is 0 Å². The Morgan fingerprint density at radius 1 is 1.26 bits per heavy atom. The Kier molecular flexibility index (Phi) is 4.54. The Labute approximate surface area is 121 Å². The normalized spacial score (nSPS) is 9.95. The summed E-state index contributed by atoms with van der Waals surface area (Å²) >= 11 is 11.2. The number of pyridine rings is 1. The molecule has 2 rings (SSSR count). The van der Waals surface area contributed by atoms with Crippen LogP contribution in [0, 0.1) is 0 Å². The van der Waals surface area contributed by atoms with Gasteiger partial charge in [0, 0.05) is 17.8 Å². The van der Waals surface area contributed by atoms with Gasteiger partial charge in [-0.3, -0.25) is 0 Å². The number of aromatic hydroxyl groups is 1. The van der Waals surface area contributed by atoms with Gasteiger partial charge in [-0.1, -0.05) is 29.8 Å². The summed E-state index contributed by atoms with van der Waals surface area (Å²) in [5.74, 6) is 0.364. The third kappa shape index (κ3) is 3.81. The van der Waals surface area contributed by atoms with Crippen LogP contribution in [-0.4, -0.2) is 15.2 Å². The van der Waals surface area contributed by atoms with Crippen LogP contribution < -0.4 is 10.6 Å². The van der Waals surface area contributed by atoms with Gasteiger partial charge in [0.25, 0.3) is 0 Å². The third-order valence-corrected chi connectivity index (χ3v) is 3.03. The fraction of sp³-hybridized carbons (Fsp3) is 0.0769. The van der Waals surface area contributed by atoms with Crippen molar-refractivity contribution in [2.45, 2.75) is 6.54 Å². The van der Waals surface area contributed by atoms with E-state index in [1.807, 2.05) is 24.3 Å². The number of halogens is 1. The maximum absolute atomic E-state index is 9.56. The quantitative estimate of drug-likeness (QED) is 0.760. The minimum atomic E-state index is 0.0457. The molecule has 1 heterocycles. The number of rotatable bonds is 3. The molecule has 0 aliphatic heterocycles. The molecule has 0 amide bonds. The van der Waals surface area contributed by atoms with E-state index in [9.17, 15) is 5.11 Å². The first-order valence-corrected chi connectivity index (χ1v) is 6.37. The van der Waals surface area contributed by atoms with Crippen LogP contribution >= 0.6 is 23.8 Å². The Hall–Kier alpha value is -1.85. The van der Waals surface area contributed by atoms with E-state index < -0.39 is 0 Å². The highest BCUT2D eigenvalue weighted by Crippen LogP contribution is 2.18. The highest BCUT2D eigenvalue weighted by atomic mass is 35.5. The minimum absolute atomic E-state index is 0.0457. The van der Waals surface area contributed by atoms with Gasteiger partial charge < -0.3 is 15.7 Å². The second kappa shape index (κ2) is 6.36. The van der Waals surface area contributed by atoms with Gasteiger partial charge in [-0.25, -0.2) is 4.98 Å². The fourth-order valence-electron chi connectivity index (χ4n) is 1.46. The van der Waals surface area contributed by atoms with Gasteiger partial charge in [0.15, 0.2) is 16.7 Å². The first-order valence-electron chi connectivity index (χ1n) is 5.59. The predicted molar refractivity (Wildman–Crippen MR) is 80.4 cm³/mol. The van der Waals surface area contributed by atoms with E-state index >= 15 is 0 Å². The number of hydrogen-bond acceptors (Lipinski definition) is 3. The zero-order valence-corrected chi connectivity index (χ0v) is 11.5. The molecule has 98 valence electrons. The average Bonchev–Trinajstić information content (AvgIpc) is 2.40.